The van der Waals surface area contributed by atoms with Crippen molar-refractivity contribution in [1.29, 1.82) is 0 Å². The number of fused-ring (bicyclic) bond motifs is 1. The number of nitrogens with one attached hydrogen (secondary N) is 1. The second-order valence-electron chi connectivity index (χ2n) is 8.02. The molecule has 0 aliphatic rings. The molecule has 3 N–H and O–H groups in total. The van der Waals surface area contributed by atoms with Crippen LogP contribution in [-0.4, -0.2) is 41.9 Å². The summed E-state index contributed by atoms with van der Waals surface area (Å²) in [6.45, 7) is 4.26. The van der Waals surface area contributed by atoms with E-state index in [1.807, 2.05) is 20.0 Å². The molecule has 0 atom stereocenters. The third-order valence-corrected chi connectivity index (χ3v) is 6.68. The molecule has 0 aliphatic heterocycles. The van der Waals surface area contributed by atoms with E-state index < -0.39 is 10.0 Å². The van der Waals surface area contributed by atoms with Crippen molar-refractivity contribution in [3.8, 4) is 22.9 Å². The van der Waals surface area contributed by atoms with Gasteiger partial charge in [0.25, 0.3) is 0 Å². The summed E-state index contributed by atoms with van der Waals surface area (Å²) in [6, 6.07) is 9.66. The fourth-order valence-corrected chi connectivity index (χ4v) is 4.67. The van der Waals surface area contributed by atoms with Crippen molar-refractivity contribution < 1.29 is 17.9 Å². The normalized spacial score (nSPS) is 11.6. The predicted octanol–water partition coefficient (Wildman–Crippen LogP) is 4.43. The lowest BCUT2D eigenvalue weighted by Gasteiger charge is -2.14. The molecule has 2 aromatic heterocycles. The highest BCUT2D eigenvalue weighted by Gasteiger charge is 2.21. The molecule has 10 nitrogen and oxygen atoms in total. The van der Waals surface area contributed by atoms with E-state index in [4.69, 9.17) is 36.2 Å². The number of nitrogens with two attached hydrogens (primary N) is 1. The number of hydrogen-bond donors (Lipinski definition) is 2. The summed E-state index contributed by atoms with van der Waals surface area (Å²) in [6.07, 6.45) is 1.57. The van der Waals surface area contributed by atoms with Crippen LogP contribution in [0.1, 0.15) is 26.0 Å². The highest BCUT2D eigenvalue weighted by atomic mass is 35.5. The zero-order chi connectivity index (χ0) is 26.0. The van der Waals surface area contributed by atoms with Gasteiger partial charge < -0.3 is 14.8 Å². The number of aryl methyl sites for hydroxylation is 2. The third-order valence-electron chi connectivity index (χ3n) is 5.47. The van der Waals surface area contributed by atoms with Crippen molar-refractivity contribution in [2.45, 2.75) is 31.6 Å². The Labute approximate surface area is 214 Å². The second kappa shape index (κ2) is 10.3. The van der Waals surface area contributed by atoms with Crippen LogP contribution < -0.4 is 19.9 Å². The quantitative estimate of drug-likeness (QED) is 0.324. The molecule has 0 saturated carbocycles. The molecule has 2 heterocycles. The van der Waals surface area contributed by atoms with Crippen LogP contribution in [0, 0.1) is 0 Å². The minimum Gasteiger partial charge on any atom is -0.495 e. The fraction of sp³-hybridized carbons (Fsp3) is 0.292. The second-order valence-corrected chi connectivity index (χ2v) is 9.99. The first-order valence-corrected chi connectivity index (χ1v) is 13.2. The predicted molar refractivity (Wildman–Crippen MR) is 140 cm³/mol. The number of primary sulfonamides is 1. The molecule has 0 unspecified atom stereocenters. The Morgan fingerprint density at radius 1 is 1.11 bits per heavy atom. The number of aromatic nitrogens is 4. The lowest BCUT2D eigenvalue weighted by molar-refractivity contribution is 0.341. The molecule has 0 spiro atoms. The number of hydrogen-bond acceptors (Lipinski definition) is 8. The molecule has 0 saturated heterocycles. The molecule has 4 aromatic rings. The molecule has 0 fully saturated rings. The van der Waals surface area contributed by atoms with Crippen molar-refractivity contribution in [2.24, 2.45) is 12.2 Å². The van der Waals surface area contributed by atoms with Gasteiger partial charge in [-0.05, 0) is 49.7 Å². The number of halogens is 1. The van der Waals surface area contributed by atoms with Gasteiger partial charge >= 0.3 is 0 Å². The molecular formula is C24H27ClN6O4S. The molecular weight excluding hydrogens is 504 g/mol. The summed E-state index contributed by atoms with van der Waals surface area (Å²) < 4.78 is 36.9. The van der Waals surface area contributed by atoms with Gasteiger partial charge in [-0.1, -0.05) is 24.9 Å². The van der Waals surface area contributed by atoms with E-state index >= 15 is 0 Å². The van der Waals surface area contributed by atoms with E-state index in [1.165, 1.54) is 12.1 Å². The van der Waals surface area contributed by atoms with Crippen molar-refractivity contribution in [1.82, 2.24) is 19.7 Å². The van der Waals surface area contributed by atoms with Crippen LogP contribution in [0.3, 0.4) is 0 Å². The Hall–Kier alpha value is -3.41. The summed E-state index contributed by atoms with van der Waals surface area (Å²) >= 11 is 6.33. The van der Waals surface area contributed by atoms with E-state index in [0.717, 1.165) is 12.1 Å². The highest BCUT2D eigenvalue weighted by molar-refractivity contribution is 7.89. The minimum absolute atomic E-state index is 0.0685. The van der Waals surface area contributed by atoms with Crippen LogP contribution in [0.15, 0.2) is 41.3 Å². The maximum atomic E-state index is 12.1. The van der Waals surface area contributed by atoms with E-state index in [-0.39, 0.29) is 10.7 Å². The third kappa shape index (κ3) is 5.08. The number of anilines is 2. The van der Waals surface area contributed by atoms with Gasteiger partial charge in [0.05, 0.1) is 34.9 Å². The van der Waals surface area contributed by atoms with Crippen LogP contribution >= 0.6 is 11.6 Å². The molecule has 0 amide bonds. The molecule has 0 bridgehead atoms. The van der Waals surface area contributed by atoms with Gasteiger partial charge in [-0.25, -0.2) is 23.5 Å². The number of methoxy groups -OCH3 is 1. The number of ether oxygens (including phenoxy) is 2. The maximum absolute atomic E-state index is 12.1. The van der Waals surface area contributed by atoms with Crippen LogP contribution in [0.5, 0.6) is 11.5 Å². The average molecular weight is 531 g/mol. The summed E-state index contributed by atoms with van der Waals surface area (Å²) in [7, 11) is -0.590. The Kier molecular flexibility index (Phi) is 7.34. The van der Waals surface area contributed by atoms with Crippen LogP contribution in [0.4, 0.5) is 11.5 Å². The maximum Gasteiger partial charge on any atom is 0.238 e. The standard InChI is InChI=1S/C24H27ClN6O4S/c1-5-7-18-21-22(31(3)30-18)24(27-14-8-10-20(34-4)17(25)12-14)29-23(28-21)16-13-15(36(26,32)33)9-11-19(16)35-6-2/h8-13H,5-7H2,1-4H3,(H2,26,32,33)(H,27,28,29). The zero-order valence-corrected chi connectivity index (χ0v) is 21.9. The summed E-state index contributed by atoms with van der Waals surface area (Å²) in [5.41, 5.74) is 3.21. The lowest BCUT2D eigenvalue weighted by atomic mass is 10.1. The Bertz CT molecular complexity index is 1540. The van der Waals surface area contributed by atoms with Crippen molar-refractivity contribution in [3.05, 3.63) is 47.1 Å². The first kappa shape index (κ1) is 25.7. The van der Waals surface area contributed by atoms with Gasteiger partial charge in [0.2, 0.25) is 10.0 Å². The molecule has 4 rings (SSSR count). The monoisotopic (exact) mass is 530 g/mol. The molecule has 190 valence electrons. The van der Waals surface area contributed by atoms with Gasteiger partial charge in [-0.15, -0.1) is 0 Å². The van der Waals surface area contributed by atoms with Crippen LogP contribution in [0.25, 0.3) is 22.4 Å². The number of rotatable bonds is 9. The van der Waals surface area contributed by atoms with Gasteiger partial charge in [0.1, 0.15) is 22.5 Å². The van der Waals surface area contributed by atoms with E-state index in [9.17, 15) is 8.42 Å². The SMILES string of the molecule is CCCc1nn(C)c2c(Nc3ccc(OC)c(Cl)c3)nc(-c3cc(S(N)(=O)=O)ccc3OCC)nc12. The summed E-state index contributed by atoms with van der Waals surface area (Å²) in [5.74, 6) is 1.72. The van der Waals surface area contributed by atoms with Gasteiger partial charge in [0.15, 0.2) is 11.6 Å². The Morgan fingerprint density at radius 3 is 2.50 bits per heavy atom. The molecule has 0 radical (unpaired) electrons. The largest absolute Gasteiger partial charge is 0.495 e. The average Bonchev–Trinajstić information content (AvgIpc) is 3.14. The van der Waals surface area contributed by atoms with Crippen molar-refractivity contribution in [3.63, 3.8) is 0 Å². The van der Waals surface area contributed by atoms with E-state index in [2.05, 4.69) is 17.3 Å². The van der Waals surface area contributed by atoms with E-state index in [0.29, 0.717) is 57.7 Å². The minimum atomic E-state index is -3.96. The molecule has 0 aliphatic carbocycles. The molecule has 12 heteroatoms. The first-order valence-electron chi connectivity index (χ1n) is 11.3. The number of benzene rings is 2. The van der Waals surface area contributed by atoms with Crippen molar-refractivity contribution >= 4 is 44.2 Å². The number of nitrogens with zero attached hydrogens (tertiary/aromatic N) is 4. The van der Waals surface area contributed by atoms with Gasteiger partial charge in [0, 0.05) is 12.7 Å². The van der Waals surface area contributed by atoms with Gasteiger partial charge in [-0.3, -0.25) is 4.68 Å². The van der Waals surface area contributed by atoms with Crippen LogP contribution in [-0.2, 0) is 23.5 Å². The Balaban J connectivity index is 1.97. The van der Waals surface area contributed by atoms with E-state index in [1.54, 1.807) is 30.0 Å². The molecule has 36 heavy (non-hydrogen) atoms. The fourth-order valence-electron chi connectivity index (χ4n) is 3.88. The smallest absolute Gasteiger partial charge is 0.238 e. The molecule has 2 aromatic carbocycles. The number of sulfonamides is 1. The van der Waals surface area contributed by atoms with Crippen molar-refractivity contribution in [2.75, 3.05) is 19.0 Å². The highest BCUT2D eigenvalue weighted by Crippen LogP contribution is 2.35. The summed E-state index contributed by atoms with van der Waals surface area (Å²) in [4.78, 5) is 9.50. The van der Waals surface area contributed by atoms with Crippen LogP contribution in [0.2, 0.25) is 5.02 Å². The van der Waals surface area contributed by atoms with Gasteiger partial charge in [-0.2, -0.15) is 5.10 Å². The lowest BCUT2D eigenvalue weighted by Crippen LogP contribution is -2.12. The Morgan fingerprint density at radius 2 is 1.86 bits per heavy atom. The zero-order valence-electron chi connectivity index (χ0n) is 20.4. The first-order chi connectivity index (χ1) is 17.2. The summed E-state index contributed by atoms with van der Waals surface area (Å²) in [5, 5.41) is 13.8. The topological polar surface area (TPSA) is 134 Å².